The van der Waals surface area contributed by atoms with Gasteiger partial charge in [0.2, 0.25) is 11.8 Å². The lowest BCUT2D eigenvalue weighted by Gasteiger charge is -2.13. The third-order valence-electron chi connectivity index (χ3n) is 3.41. The molecule has 140 valence electrons. The van der Waals surface area contributed by atoms with E-state index in [1.54, 1.807) is 6.92 Å². The molecule has 0 aromatic carbocycles. The van der Waals surface area contributed by atoms with Gasteiger partial charge in [0.05, 0.1) is 15.3 Å². The van der Waals surface area contributed by atoms with Gasteiger partial charge in [-0.2, -0.15) is 0 Å². The monoisotopic (exact) mass is 416 g/mol. The smallest absolute Gasteiger partial charge is 0.238 e. The normalized spacial score (nSPS) is 12.0. The van der Waals surface area contributed by atoms with Crippen LogP contribution < -0.4 is 11.1 Å². The standard InChI is InChI=1S/C15H18Cl2N6O2S/c1-3-23-12(5-4-11(18)24)21-22-15(23)26-8(2)14(25)20-13-10(17)6-9(16)7-19-13/h6-8H,3-5H2,1-2H3,(H2,18,24)(H,19,20,25)/t8-/m1/s1. The summed E-state index contributed by atoms with van der Waals surface area (Å²) in [7, 11) is 0. The Morgan fingerprint density at radius 2 is 2.12 bits per heavy atom. The zero-order chi connectivity index (χ0) is 19.3. The Hall–Kier alpha value is -1.84. The van der Waals surface area contributed by atoms with E-state index in [1.807, 2.05) is 11.5 Å². The van der Waals surface area contributed by atoms with Gasteiger partial charge in [0.1, 0.15) is 5.82 Å². The molecule has 11 heteroatoms. The molecular formula is C15H18Cl2N6O2S. The molecule has 0 fully saturated rings. The number of pyridine rings is 1. The summed E-state index contributed by atoms with van der Waals surface area (Å²) >= 11 is 13.1. The van der Waals surface area contributed by atoms with Crippen molar-refractivity contribution in [2.45, 2.75) is 43.6 Å². The quantitative estimate of drug-likeness (QED) is 0.638. The van der Waals surface area contributed by atoms with Crippen molar-refractivity contribution in [1.82, 2.24) is 19.7 Å². The number of hydrogen-bond donors (Lipinski definition) is 2. The molecule has 26 heavy (non-hydrogen) atoms. The number of thioether (sulfide) groups is 1. The first-order valence-electron chi connectivity index (χ1n) is 7.80. The number of nitrogens with one attached hydrogen (secondary N) is 1. The molecule has 2 aromatic heterocycles. The number of nitrogens with zero attached hydrogens (tertiary/aromatic N) is 4. The van der Waals surface area contributed by atoms with Gasteiger partial charge in [0.15, 0.2) is 11.0 Å². The second-order valence-corrected chi connectivity index (χ2v) is 7.49. The van der Waals surface area contributed by atoms with Crippen LogP contribution in [0.3, 0.4) is 0 Å². The van der Waals surface area contributed by atoms with Crippen molar-refractivity contribution in [2.24, 2.45) is 5.73 Å². The van der Waals surface area contributed by atoms with Crippen LogP contribution in [0, 0.1) is 0 Å². The minimum atomic E-state index is -0.470. The van der Waals surface area contributed by atoms with Crippen molar-refractivity contribution in [1.29, 1.82) is 0 Å². The molecule has 8 nitrogen and oxygen atoms in total. The van der Waals surface area contributed by atoms with E-state index >= 15 is 0 Å². The van der Waals surface area contributed by atoms with E-state index < -0.39 is 11.2 Å². The highest BCUT2D eigenvalue weighted by molar-refractivity contribution is 8.00. The first-order valence-corrected chi connectivity index (χ1v) is 9.44. The van der Waals surface area contributed by atoms with Crippen molar-refractivity contribution in [3.63, 3.8) is 0 Å². The molecule has 0 unspecified atom stereocenters. The van der Waals surface area contributed by atoms with Crippen molar-refractivity contribution in [3.8, 4) is 0 Å². The number of anilines is 1. The summed E-state index contributed by atoms with van der Waals surface area (Å²) in [6.07, 6.45) is 2.00. The van der Waals surface area contributed by atoms with Crippen LogP contribution >= 0.6 is 35.0 Å². The van der Waals surface area contributed by atoms with Crippen molar-refractivity contribution in [3.05, 3.63) is 28.1 Å². The second kappa shape index (κ2) is 9.20. The number of rotatable bonds is 8. The predicted molar refractivity (Wildman–Crippen MR) is 101 cm³/mol. The topological polar surface area (TPSA) is 116 Å². The van der Waals surface area contributed by atoms with Crippen LogP contribution in [0.4, 0.5) is 5.82 Å². The maximum Gasteiger partial charge on any atom is 0.238 e. The van der Waals surface area contributed by atoms with Gasteiger partial charge in [-0.05, 0) is 19.9 Å². The van der Waals surface area contributed by atoms with Crippen LogP contribution in [0.1, 0.15) is 26.1 Å². The molecule has 0 aliphatic carbocycles. The lowest BCUT2D eigenvalue weighted by atomic mass is 10.3. The maximum atomic E-state index is 12.4. The Morgan fingerprint density at radius 1 is 1.38 bits per heavy atom. The van der Waals surface area contributed by atoms with Crippen molar-refractivity contribution < 1.29 is 9.59 Å². The number of carbonyl (C=O) groups excluding carboxylic acids is 2. The molecule has 2 amide bonds. The molecule has 0 spiro atoms. The van der Waals surface area contributed by atoms with Gasteiger partial charge in [-0.15, -0.1) is 10.2 Å². The van der Waals surface area contributed by atoms with E-state index in [4.69, 9.17) is 28.9 Å². The van der Waals surface area contributed by atoms with Gasteiger partial charge >= 0.3 is 0 Å². The minimum absolute atomic E-state index is 0.194. The van der Waals surface area contributed by atoms with Crippen LogP contribution in [-0.2, 0) is 22.6 Å². The van der Waals surface area contributed by atoms with Gasteiger partial charge in [0, 0.05) is 25.6 Å². The number of aromatic nitrogens is 4. The summed E-state index contributed by atoms with van der Waals surface area (Å²) in [6.45, 7) is 4.28. The molecule has 3 N–H and O–H groups in total. The first kappa shape index (κ1) is 20.5. The van der Waals surface area contributed by atoms with Crippen molar-refractivity contribution in [2.75, 3.05) is 5.32 Å². The van der Waals surface area contributed by atoms with Crippen LogP contribution in [0.25, 0.3) is 0 Å². The molecule has 2 aromatic rings. The average molecular weight is 417 g/mol. The Morgan fingerprint density at radius 3 is 2.73 bits per heavy atom. The van der Waals surface area contributed by atoms with Gasteiger partial charge in [0.25, 0.3) is 0 Å². The molecule has 0 saturated heterocycles. The van der Waals surface area contributed by atoms with E-state index in [2.05, 4.69) is 20.5 Å². The highest BCUT2D eigenvalue weighted by atomic mass is 35.5. The molecule has 0 radical (unpaired) electrons. The molecular weight excluding hydrogens is 399 g/mol. The van der Waals surface area contributed by atoms with Crippen LogP contribution in [-0.4, -0.2) is 36.8 Å². The zero-order valence-corrected chi connectivity index (χ0v) is 16.5. The van der Waals surface area contributed by atoms with E-state index in [1.165, 1.54) is 24.0 Å². The van der Waals surface area contributed by atoms with Gasteiger partial charge in [-0.25, -0.2) is 4.98 Å². The predicted octanol–water partition coefficient (Wildman–Crippen LogP) is 2.54. The molecule has 0 aliphatic heterocycles. The molecule has 0 aliphatic rings. The lowest BCUT2D eigenvalue weighted by molar-refractivity contribution is -0.118. The summed E-state index contributed by atoms with van der Waals surface area (Å²) in [5.41, 5.74) is 5.17. The van der Waals surface area contributed by atoms with Crippen LogP contribution in [0.15, 0.2) is 17.4 Å². The largest absolute Gasteiger partial charge is 0.370 e. The fraction of sp³-hybridized carbons (Fsp3) is 0.400. The van der Waals surface area contributed by atoms with E-state index in [0.717, 1.165) is 0 Å². The number of nitrogens with two attached hydrogens (primary N) is 1. The van der Waals surface area contributed by atoms with Gasteiger partial charge < -0.3 is 15.6 Å². The number of hydrogen-bond acceptors (Lipinski definition) is 6. The van der Waals surface area contributed by atoms with Crippen LogP contribution in [0.2, 0.25) is 10.0 Å². The van der Waals surface area contributed by atoms with Crippen LogP contribution in [0.5, 0.6) is 0 Å². The minimum Gasteiger partial charge on any atom is -0.370 e. The van der Waals surface area contributed by atoms with E-state index in [-0.39, 0.29) is 23.2 Å². The van der Waals surface area contributed by atoms with Crippen molar-refractivity contribution >= 4 is 52.6 Å². The summed E-state index contributed by atoms with van der Waals surface area (Å²) < 4.78 is 1.85. The third kappa shape index (κ3) is 5.33. The Balaban J connectivity index is 2.05. The Kier molecular flexibility index (Phi) is 7.24. The molecule has 0 bridgehead atoms. The van der Waals surface area contributed by atoms with E-state index in [0.29, 0.717) is 29.0 Å². The zero-order valence-electron chi connectivity index (χ0n) is 14.2. The maximum absolute atomic E-state index is 12.4. The van der Waals surface area contributed by atoms with Gasteiger partial charge in [-0.1, -0.05) is 35.0 Å². The number of halogens is 2. The average Bonchev–Trinajstić information content (AvgIpc) is 2.96. The number of primary amides is 1. The fourth-order valence-corrected chi connectivity index (χ4v) is 3.44. The fourth-order valence-electron chi connectivity index (χ4n) is 2.08. The molecule has 2 rings (SSSR count). The number of carbonyl (C=O) groups is 2. The second-order valence-electron chi connectivity index (χ2n) is 5.34. The highest BCUT2D eigenvalue weighted by Crippen LogP contribution is 2.26. The summed E-state index contributed by atoms with van der Waals surface area (Å²) in [5.74, 6) is 0.220. The summed E-state index contributed by atoms with van der Waals surface area (Å²) in [4.78, 5) is 27.3. The Bertz CT molecular complexity index is 813. The number of amides is 2. The highest BCUT2D eigenvalue weighted by Gasteiger charge is 2.21. The van der Waals surface area contributed by atoms with E-state index in [9.17, 15) is 9.59 Å². The third-order valence-corrected chi connectivity index (χ3v) is 4.98. The summed E-state index contributed by atoms with van der Waals surface area (Å²) in [5, 5.41) is 11.6. The SMILES string of the molecule is CCn1c(CCC(N)=O)nnc1S[C@H](C)C(=O)Nc1ncc(Cl)cc1Cl. The number of aryl methyl sites for hydroxylation is 1. The molecule has 0 saturated carbocycles. The Labute approximate surface area is 164 Å². The summed E-state index contributed by atoms with van der Waals surface area (Å²) in [6, 6.07) is 1.50. The molecule has 1 atom stereocenters. The lowest BCUT2D eigenvalue weighted by Crippen LogP contribution is -2.23. The molecule has 2 heterocycles. The first-order chi connectivity index (χ1) is 12.3. The van der Waals surface area contributed by atoms with Gasteiger partial charge in [-0.3, -0.25) is 9.59 Å².